The predicted octanol–water partition coefficient (Wildman–Crippen LogP) is 3.38. The first kappa shape index (κ1) is 9.64. The minimum atomic E-state index is -4.72. The lowest BCUT2D eigenvalue weighted by Gasteiger charge is -2.13. The van der Waals surface area contributed by atoms with E-state index in [-0.39, 0.29) is 0 Å². The topological polar surface area (TPSA) is 0 Å². The molecular formula is C7H6BBrF3-. The molecule has 0 bridgehead atoms. The van der Waals surface area contributed by atoms with Crippen LogP contribution in [0.4, 0.5) is 12.9 Å². The fraction of sp³-hybridized carbons (Fsp3) is 0.143. The van der Waals surface area contributed by atoms with Crippen LogP contribution in [0.15, 0.2) is 28.7 Å². The van der Waals surface area contributed by atoms with Crippen molar-refractivity contribution in [3.63, 3.8) is 0 Å². The van der Waals surface area contributed by atoms with Crippen molar-refractivity contribution in [1.29, 1.82) is 0 Å². The maximum Gasteiger partial charge on any atom is 0.482 e. The highest BCUT2D eigenvalue weighted by atomic mass is 79.9. The van der Waals surface area contributed by atoms with Crippen LogP contribution in [0.25, 0.3) is 0 Å². The Balaban J connectivity index is 2.77. The zero-order valence-corrected chi connectivity index (χ0v) is 7.69. The van der Waals surface area contributed by atoms with Gasteiger partial charge in [-0.3, -0.25) is 0 Å². The van der Waals surface area contributed by atoms with Crippen molar-refractivity contribution in [3.05, 3.63) is 34.3 Å². The van der Waals surface area contributed by atoms with Gasteiger partial charge in [0.2, 0.25) is 0 Å². The van der Waals surface area contributed by atoms with Crippen LogP contribution in [-0.2, 0) is 6.32 Å². The summed E-state index contributed by atoms with van der Waals surface area (Å²) in [4.78, 5) is 0. The van der Waals surface area contributed by atoms with E-state index in [1.165, 1.54) is 12.1 Å². The molecule has 0 N–H and O–H groups in total. The molecule has 1 rings (SSSR count). The summed E-state index contributed by atoms with van der Waals surface area (Å²) in [5.41, 5.74) is 0.303. The minimum absolute atomic E-state index is 0.303. The monoisotopic (exact) mass is 237 g/mol. The molecular weight excluding hydrogens is 232 g/mol. The number of hydrogen-bond donors (Lipinski definition) is 0. The van der Waals surface area contributed by atoms with Crippen LogP contribution in [0.2, 0.25) is 0 Å². The molecule has 0 aliphatic rings. The van der Waals surface area contributed by atoms with Gasteiger partial charge in [0.15, 0.2) is 0 Å². The summed E-state index contributed by atoms with van der Waals surface area (Å²) in [5.74, 6) is 0. The molecule has 0 saturated carbocycles. The van der Waals surface area contributed by atoms with Gasteiger partial charge < -0.3 is 12.9 Å². The van der Waals surface area contributed by atoms with Crippen molar-refractivity contribution in [2.24, 2.45) is 0 Å². The van der Waals surface area contributed by atoms with Crippen molar-refractivity contribution < 1.29 is 12.9 Å². The lowest BCUT2D eigenvalue weighted by atomic mass is 9.82. The first-order valence-electron chi connectivity index (χ1n) is 3.43. The van der Waals surface area contributed by atoms with E-state index in [4.69, 9.17) is 0 Å². The Morgan fingerprint density at radius 1 is 1.25 bits per heavy atom. The summed E-state index contributed by atoms with van der Waals surface area (Å²) >= 11 is 3.11. The fourth-order valence-corrected chi connectivity index (χ4v) is 1.38. The summed E-state index contributed by atoms with van der Waals surface area (Å²) in [7, 11) is 0. The normalized spacial score (nSPS) is 11.7. The molecule has 66 valence electrons. The van der Waals surface area contributed by atoms with E-state index >= 15 is 0 Å². The second kappa shape index (κ2) is 3.52. The van der Waals surface area contributed by atoms with Gasteiger partial charge in [0.05, 0.1) is 0 Å². The number of benzene rings is 1. The average molecular weight is 238 g/mol. The summed E-state index contributed by atoms with van der Waals surface area (Å²) in [6, 6.07) is 6.25. The third kappa shape index (κ3) is 3.30. The number of halogens is 4. The van der Waals surface area contributed by atoms with E-state index in [0.29, 0.717) is 10.0 Å². The molecule has 0 radical (unpaired) electrons. The van der Waals surface area contributed by atoms with Crippen molar-refractivity contribution >= 4 is 22.9 Å². The van der Waals surface area contributed by atoms with Gasteiger partial charge in [-0.1, -0.05) is 39.9 Å². The maximum atomic E-state index is 11.9. The highest BCUT2D eigenvalue weighted by molar-refractivity contribution is 9.10. The third-order valence-electron chi connectivity index (χ3n) is 1.36. The Morgan fingerprint density at radius 3 is 2.42 bits per heavy atom. The SMILES string of the molecule is F[B-](F)(F)Cc1cccc(Br)c1. The Bertz CT molecular complexity index is 272. The zero-order valence-electron chi connectivity index (χ0n) is 6.11. The predicted molar refractivity (Wildman–Crippen MR) is 46.9 cm³/mol. The highest BCUT2D eigenvalue weighted by Crippen LogP contribution is 2.18. The van der Waals surface area contributed by atoms with Crippen LogP contribution in [0.5, 0.6) is 0 Å². The Labute approximate surface area is 77.0 Å². The summed E-state index contributed by atoms with van der Waals surface area (Å²) in [6.07, 6.45) is -0.806. The van der Waals surface area contributed by atoms with Gasteiger partial charge in [-0.2, -0.15) is 0 Å². The largest absolute Gasteiger partial charge is 0.482 e. The standard InChI is InChI=1S/C7H6BBrF3/c9-7-3-1-2-6(4-7)5-8(10,11)12/h1-4H,5H2/q-1. The lowest BCUT2D eigenvalue weighted by molar-refractivity contribution is 0.468. The quantitative estimate of drug-likeness (QED) is 0.692. The van der Waals surface area contributed by atoms with Gasteiger partial charge in [-0.25, -0.2) is 0 Å². The van der Waals surface area contributed by atoms with Gasteiger partial charge in [-0.15, -0.1) is 0 Å². The van der Waals surface area contributed by atoms with Crippen molar-refractivity contribution in [3.8, 4) is 0 Å². The lowest BCUT2D eigenvalue weighted by Crippen LogP contribution is -2.19. The molecule has 0 aliphatic carbocycles. The molecule has 0 nitrogen and oxygen atoms in total. The second-order valence-electron chi connectivity index (χ2n) is 2.54. The molecule has 1 aromatic rings. The molecule has 0 saturated heterocycles. The molecule has 0 fully saturated rings. The maximum absolute atomic E-state index is 11.9. The summed E-state index contributed by atoms with van der Waals surface area (Å²) < 4.78 is 36.4. The fourth-order valence-electron chi connectivity index (χ4n) is 0.931. The van der Waals surface area contributed by atoms with Gasteiger partial charge in [-0.05, 0) is 12.1 Å². The van der Waals surface area contributed by atoms with Gasteiger partial charge >= 0.3 is 6.98 Å². The van der Waals surface area contributed by atoms with Gasteiger partial charge in [0.1, 0.15) is 0 Å². The van der Waals surface area contributed by atoms with E-state index in [9.17, 15) is 12.9 Å². The van der Waals surface area contributed by atoms with Gasteiger partial charge in [0, 0.05) is 4.47 Å². The Kier molecular flexibility index (Phi) is 2.83. The molecule has 0 spiro atoms. The average Bonchev–Trinajstić information content (AvgIpc) is 1.82. The van der Waals surface area contributed by atoms with E-state index in [0.717, 1.165) is 0 Å². The molecule has 0 aromatic heterocycles. The third-order valence-corrected chi connectivity index (χ3v) is 1.85. The molecule has 0 amide bonds. The van der Waals surface area contributed by atoms with Crippen molar-refractivity contribution in [2.45, 2.75) is 6.32 Å². The number of rotatable bonds is 2. The molecule has 0 unspecified atom stereocenters. The Morgan fingerprint density at radius 2 is 1.92 bits per heavy atom. The van der Waals surface area contributed by atoms with Crippen LogP contribution >= 0.6 is 15.9 Å². The number of hydrogen-bond acceptors (Lipinski definition) is 0. The summed E-state index contributed by atoms with van der Waals surface area (Å²) in [6.45, 7) is -4.72. The smallest absolute Gasteiger partial charge is 0.449 e. The molecule has 0 heterocycles. The first-order valence-corrected chi connectivity index (χ1v) is 4.22. The van der Waals surface area contributed by atoms with Crippen LogP contribution in [-0.4, -0.2) is 6.98 Å². The first-order chi connectivity index (χ1) is 5.47. The second-order valence-corrected chi connectivity index (χ2v) is 3.46. The zero-order chi connectivity index (χ0) is 9.19. The molecule has 1 aromatic carbocycles. The van der Waals surface area contributed by atoms with Crippen molar-refractivity contribution in [1.82, 2.24) is 0 Å². The highest BCUT2D eigenvalue weighted by Gasteiger charge is 2.22. The Hall–Kier alpha value is -0.445. The van der Waals surface area contributed by atoms with E-state index in [1.54, 1.807) is 12.1 Å². The molecule has 0 atom stereocenters. The minimum Gasteiger partial charge on any atom is -0.449 e. The van der Waals surface area contributed by atoms with Crippen LogP contribution in [0.1, 0.15) is 5.56 Å². The van der Waals surface area contributed by atoms with Crippen LogP contribution in [0.3, 0.4) is 0 Å². The molecule has 5 heteroatoms. The molecule has 0 aliphatic heterocycles. The van der Waals surface area contributed by atoms with Crippen LogP contribution in [0, 0.1) is 0 Å². The van der Waals surface area contributed by atoms with E-state index < -0.39 is 13.3 Å². The van der Waals surface area contributed by atoms with Crippen LogP contribution < -0.4 is 0 Å². The summed E-state index contributed by atoms with van der Waals surface area (Å²) in [5, 5.41) is 0. The van der Waals surface area contributed by atoms with Crippen molar-refractivity contribution in [2.75, 3.05) is 0 Å². The molecule has 12 heavy (non-hydrogen) atoms. The van der Waals surface area contributed by atoms with E-state index in [1.807, 2.05) is 0 Å². The van der Waals surface area contributed by atoms with E-state index in [2.05, 4.69) is 15.9 Å². The van der Waals surface area contributed by atoms with Gasteiger partial charge in [0.25, 0.3) is 0 Å².